The van der Waals surface area contributed by atoms with Gasteiger partial charge < -0.3 is 5.32 Å². The Labute approximate surface area is 139 Å². The highest BCUT2D eigenvalue weighted by Crippen LogP contribution is 2.28. The molecular weight excluding hydrogens is 304 g/mol. The normalized spacial score (nSPS) is 13.3. The number of fused-ring (bicyclic) bond motifs is 2. The summed E-state index contributed by atoms with van der Waals surface area (Å²) in [7, 11) is 0. The summed E-state index contributed by atoms with van der Waals surface area (Å²) >= 11 is 1.77. The summed E-state index contributed by atoms with van der Waals surface area (Å²) in [5, 5.41) is 6.56. The van der Waals surface area contributed by atoms with Gasteiger partial charge in [-0.05, 0) is 46.9 Å². The molecule has 4 heteroatoms. The Morgan fingerprint density at radius 3 is 2.91 bits per heavy atom. The molecule has 116 valence electrons. The number of rotatable bonds is 3. The van der Waals surface area contributed by atoms with E-state index in [2.05, 4.69) is 41.0 Å². The molecule has 1 aromatic heterocycles. The Hall–Kier alpha value is -2.33. The van der Waals surface area contributed by atoms with Crippen LogP contribution >= 0.6 is 11.3 Å². The van der Waals surface area contributed by atoms with Crippen molar-refractivity contribution in [2.45, 2.75) is 12.8 Å². The van der Waals surface area contributed by atoms with Crippen LogP contribution in [0.25, 0.3) is 10.1 Å². The highest BCUT2D eigenvalue weighted by molar-refractivity contribution is 7.17. The molecule has 1 aliphatic heterocycles. The molecule has 0 fully saturated rings. The van der Waals surface area contributed by atoms with Crippen molar-refractivity contribution in [1.29, 1.82) is 0 Å². The Morgan fingerprint density at radius 2 is 1.96 bits per heavy atom. The van der Waals surface area contributed by atoms with Gasteiger partial charge in [-0.2, -0.15) is 0 Å². The summed E-state index contributed by atoms with van der Waals surface area (Å²) in [5.74, 6) is 0. The summed E-state index contributed by atoms with van der Waals surface area (Å²) in [4.78, 5) is 14.3. The third kappa shape index (κ3) is 2.70. The fraction of sp³-hybridized carbons (Fsp3) is 0.211. The van der Waals surface area contributed by atoms with E-state index in [1.54, 1.807) is 11.3 Å². The van der Waals surface area contributed by atoms with E-state index in [0.717, 1.165) is 25.1 Å². The van der Waals surface area contributed by atoms with Crippen LogP contribution in [-0.4, -0.2) is 19.1 Å². The highest BCUT2D eigenvalue weighted by atomic mass is 32.1. The minimum atomic E-state index is 0.00878. The lowest BCUT2D eigenvalue weighted by Crippen LogP contribution is -2.39. The number of para-hydroxylation sites is 1. The molecule has 0 spiro atoms. The number of hydrogen-bond donors (Lipinski definition) is 1. The number of benzene rings is 2. The second kappa shape index (κ2) is 6.05. The van der Waals surface area contributed by atoms with Gasteiger partial charge in [-0.15, -0.1) is 11.3 Å². The number of carbonyl (C=O) groups excluding carboxylic acids is 1. The molecule has 3 aromatic rings. The molecular formula is C19H18N2OS. The molecule has 0 aliphatic carbocycles. The number of nitrogens with zero attached hydrogens (tertiary/aromatic N) is 1. The Morgan fingerprint density at radius 1 is 1.13 bits per heavy atom. The Bertz CT molecular complexity index is 855. The van der Waals surface area contributed by atoms with Gasteiger partial charge in [0.2, 0.25) is 0 Å². The lowest BCUT2D eigenvalue weighted by atomic mass is 10.1. The van der Waals surface area contributed by atoms with Gasteiger partial charge >= 0.3 is 6.03 Å². The van der Waals surface area contributed by atoms with Crippen LogP contribution in [-0.2, 0) is 12.8 Å². The number of amides is 2. The van der Waals surface area contributed by atoms with Gasteiger partial charge in [-0.3, -0.25) is 4.90 Å². The maximum Gasteiger partial charge on any atom is 0.321 e. The number of nitrogens with one attached hydrogen (secondary N) is 1. The molecule has 0 unspecified atom stereocenters. The van der Waals surface area contributed by atoms with E-state index in [9.17, 15) is 4.79 Å². The molecule has 2 amide bonds. The maximum absolute atomic E-state index is 12.4. The lowest BCUT2D eigenvalue weighted by Gasteiger charge is -2.18. The smallest absolute Gasteiger partial charge is 0.321 e. The molecule has 23 heavy (non-hydrogen) atoms. The van der Waals surface area contributed by atoms with Crippen LogP contribution in [0.3, 0.4) is 0 Å². The van der Waals surface area contributed by atoms with Crippen molar-refractivity contribution in [2.24, 2.45) is 0 Å². The number of thiophene rings is 1. The fourth-order valence-corrected chi connectivity index (χ4v) is 4.17. The summed E-state index contributed by atoms with van der Waals surface area (Å²) in [6, 6.07) is 16.6. The van der Waals surface area contributed by atoms with E-state index in [0.29, 0.717) is 6.54 Å². The van der Waals surface area contributed by atoms with Gasteiger partial charge in [0.15, 0.2) is 0 Å². The van der Waals surface area contributed by atoms with Crippen molar-refractivity contribution in [3.8, 4) is 0 Å². The van der Waals surface area contributed by atoms with Gasteiger partial charge in [-0.1, -0.05) is 36.4 Å². The van der Waals surface area contributed by atoms with Crippen LogP contribution < -0.4 is 10.2 Å². The maximum atomic E-state index is 12.4. The molecule has 2 heterocycles. The van der Waals surface area contributed by atoms with Gasteiger partial charge in [0, 0.05) is 23.5 Å². The minimum Gasteiger partial charge on any atom is -0.337 e. The molecule has 1 aliphatic rings. The lowest BCUT2D eigenvalue weighted by molar-refractivity contribution is 0.247. The van der Waals surface area contributed by atoms with Gasteiger partial charge in [0.1, 0.15) is 0 Å². The highest BCUT2D eigenvalue weighted by Gasteiger charge is 2.23. The second-order valence-electron chi connectivity index (χ2n) is 5.77. The fourth-order valence-electron chi connectivity index (χ4n) is 3.18. The third-order valence-electron chi connectivity index (χ3n) is 4.36. The molecule has 3 nitrogen and oxygen atoms in total. The first-order valence-electron chi connectivity index (χ1n) is 7.91. The molecule has 0 saturated heterocycles. The van der Waals surface area contributed by atoms with Crippen LogP contribution in [0, 0.1) is 0 Å². The quantitative estimate of drug-likeness (QED) is 0.769. The van der Waals surface area contributed by atoms with E-state index in [1.165, 1.54) is 21.2 Å². The van der Waals surface area contributed by atoms with Crippen molar-refractivity contribution >= 4 is 33.1 Å². The topological polar surface area (TPSA) is 32.3 Å². The zero-order valence-electron chi connectivity index (χ0n) is 12.8. The van der Waals surface area contributed by atoms with E-state index < -0.39 is 0 Å². The largest absolute Gasteiger partial charge is 0.337 e. The van der Waals surface area contributed by atoms with E-state index in [-0.39, 0.29) is 6.03 Å². The average molecular weight is 322 g/mol. The zero-order valence-corrected chi connectivity index (χ0v) is 13.6. The number of carbonyl (C=O) groups is 1. The SMILES string of the molecule is O=C(NCCc1csc2ccccc12)N1CCc2ccccc21. The van der Waals surface area contributed by atoms with Crippen LogP contribution in [0.2, 0.25) is 0 Å². The first-order chi connectivity index (χ1) is 11.3. The van der Waals surface area contributed by atoms with Crippen LogP contribution in [0.4, 0.5) is 10.5 Å². The number of hydrogen-bond acceptors (Lipinski definition) is 2. The summed E-state index contributed by atoms with van der Waals surface area (Å²) in [5.41, 5.74) is 3.62. The van der Waals surface area contributed by atoms with E-state index >= 15 is 0 Å². The second-order valence-corrected chi connectivity index (χ2v) is 6.68. The molecule has 0 bridgehead atoms. The van der Waals surface area contributed by atoms with Crippen molar-refractivity contribution in [2.75, 3.05) is 18.0 Å². The summed E-state index contributed by atoms with van der Waals surface area (Å²) < 4.78 is 1.31. The van der Waals surface area contributed by atoms with Gasteiger partial charge in [0.25, 0.3) is 0 Å². The molecule has 0 saturated carbocycles. The third-order valence-corrected chi connectivity index (χ3v) is 5.38. The molecule has 1 N–H and O–H groups in total. The van der Waals surface area contributed by atoms with Crippen LogP contribution in [0.5, 0.6) is 0 Å². The summed E-state index contributed by atoms with van der Waals surface area (Å²) in [6.07, 6.45) is 1.81. The Balaban J connectivity index is 1.39. The number of anilines is 1. The minimum absolute atomic E-state index is 0.00878. The molecule has 2 aromatic carbocycles. The van der Waals surface area contributed by atoms with Crippen molar-refractivity contribution in [1.82, 2.24) is 5.32 Å². The van der Waals surface area contributed by atoms with Crippen molar-refractivity contribution in [3.05, 3.63) is 65.0 Å². The number of urea groups is 1. The van der Waals surface area contributed by atoms with Crippen molar-refractivity contribution < 1.29 is 4.79 Å². The average Bonchev–Trinajstić information content (AvgIpc) is 3.19. The predicted octanol–water partition coefficient (Wildman–Crippen LogP) is 4.22. The first-order valence-corrected chi connectivity index (χ1v) is 8.79. The van der Waals surface area contributed by atoms with Gasteiger partial charge in [0.05, 0.1) is 0 Å². The Kier molecular flexibility index (Phi) is 3.75. The van der Waals surface area contributed by atoms with E-state index in [1.807, 2.05) is 23.1 Å². The monoisotopic (exact) mass is 322 g/mol. The van der Waals surface area contributed by atoms with Crippen LogP contribution in [0.15, 0.2) is 53.9 Å². The molecule has 0 radical (unpaired) electrons. The van der Waals surface area contributed by atoms with Crippen LogP contribution in [0.1, 0.15) is 11.1 Å². The molecule has 4 rings (SSSR count). The van der Waals surface area contributed by atoms with E-state index in [4.69, 9.17) is 0 Å². The standard InChI is InChI=1S/C19H18N2OS/c22-19(21-12-10-14-5-1-3-7-17(14)21)20-11-9-15-13-23-18-8-4-2-6-16(15)18/h1-8,13H,9-12H2,(H,20,22). The summed E-state index contributed by atoms with van der Waals surface area (Å²) in [6.45, 7) is 1.44. The zero-order chi connectivity index (χ0) is 15.6. The van der Waals surface area contributed by atoms with Gasteiger partial charge in [-0.25, -0.2) is 4.79 Å². The molecule has 0 atom stereocenters. The predicted molar refractivity (Wildman–Crippen MR) is 96.4 cm³/mol. The first kappa shape index (κ1) is 14.3. The van der Waals surface area contributed by atoms with Crippen molar-refractivity contribution in [3.63, 3.8) is 0 Å².